The molecule has 1 fully saturated rings. The molecule has 5 rings (SSSR count). The number of alkyl halides is 3. The maximum atomic E-state index is 13.7. The van der Waals surface area contributed by atoms with Crippen LogP contribution >= 0.6 is 11.6 Å². The zero-order valence-electron chi connectivity index (χ0n) is 20.7. The highest BCUT2D eigenvalue weighted by Gasteiger charge is 2.31. The van der Waals surface area contributed by atoms with Gasteiger partial charge in [0.15, 0.2) is 17.2 Å². The van der Waals surface area contributed by atoms with Gasteiger partial charge in [0.2, 0.25) is 5.95 Å². The summed E-state index contributed by atoms with van der Waals surface area (Å²) in [6, 6.07) is 3.87. The fourth-order valence-electron chi connectivity index (χ4n) is 4.20. The van der Waals surface area contributed by atoms with Crippen LogP contribution in [0.25, 0.3) is 11.2 Å². The quantitative estimate of drug-likeness (QED) is 0.286. The highest BCUT2D eigenvalue weighted by atomic mass is 35.5. The van der Waals surface area contributed by atoms with Crippen molar-refractivity contribution in [1.82, 2.24) is 24.8 Å². The number of nitrogens with one attached hydrogen (secondary N) is 3. The standard InChI is InChI=1S/C25H24ClF3N8O2/c1-36-22-21(26)20(39-19(11-30)18-12-31-2-3-32-18)13-33-23(22)35-24(36)34-17-9-15(8-16(10-17)25(27,28)29)14-37-4-6-38-7-5-37/h2-3,8-13,30,32H,4-7,14H2,1H3,(H,33,34,35)/b19-18+,30-11?. The van der Waals surface area contributed by atoms with Crippen LogP contribution in [0.15, 0.2) is 53.2 Å². The molecule has 39 heavy (non-hydrogen) atoms. The molecule has 10 nitrogen and oxygen atoms in total. The number of morpholine rings is 1. The molecule has 204 valence electrons. The topological polar surface area (TPSA) is 113 Å². The molecule has 2 aliphatic heterocycles. The van der Waals surface area contributed by atoms with Gasteiger partial charge in [-0.05, 0) is 23.8 Å². The molecule has 3 N–H and O–H groups in total. The van der Waals surface area contributed by atoms with Crippen molar-refractivity contribution >= 4 is 46.8 Å². The predicted molar refractivity (Wildman–Crippen MR) is 142 cm³/mol. The van der Waals surface area contributed by atoms with Gasteiger partial charge in [-0.1, -0.05) is 11.6 Å². The number of halogens is 4. The Kier molecular flexibility index (Phi) is 7.55. The Morgan fingerprint density at radius 2 is 2.08 bits per heavy atom. The molecule has 14 heteroatoms. The van der Waals surface area contributed by atoms with E-state index in [0.717, 1.165) is 18.3 Å². The molecule has 0 unspecified atom stereocenters. The maximum Gasteiger partial charge on any atom is 0.416 e. The number of hydrogen-bond donors (Lipinski definition) is 3. The van der Waals surface area contributed by atoms with E-state index in [4.69, 9.17) is 26.5 Å². The van der Waals surface area contributed by atoms with Crippen LogP contribution in [0.3, 0.4) is 0 Å². The molecule has 0 atom stereocenters. The summed E-state index contributed by atoms with van der Waals surface area (Å²) in [4.78, 5) is 14.8. The normalized spacial score (nSPS) is 17.3. The van der Waals surface area contributed by atoms with Crippen molar-refractivity contribution in [2.75, 3.05) is 31.6 Å². The summed E-state index contributed by atoms with van der Waals surface area (Å²) in [6.07, 6.45) is 2.49. The second-order valence-corrected chi connectivity index (χ2v) is 9.17. The van der Waals surface area contributed by atoms with Crippen LogP contribution in [0.4, 0.5) is 24.8 Å². The second kappa shape index (κ2) is 11.0. The Labute approximate surface area is 226 Å². The zero-order valence-corrected chi connectivity index (χ0v) is 21.5. The van der Waals surface area contributed by atoms with E-state index in [9.17, 15) is 13.2 Å². The van der Waals surface area contributed by atoms with Gasteiger partial charge in [-0.25, -0.2) is 4.98 Å². The summed E-state index contributed by atoms with van der Waals surface area (Å²) in [5, 5.41) is 13.8. The number of ether oxygens (including phenoxy) is 2. The van der Waals surface area contributed by atoms with Gasteiger partial charge in [-0.15, -0.1) is 0 Å². The minimum atomic E-state index is -4.52. The summed E-state index contributed by atoms with van der Waals surface area (Å²) >= 11 is 6.64. The van der Waals surface area contributed by atoms with E-state index in [2.05, 4.69) is 25.6 Å². The van der Waals surface area contributed by atoms with Crippen LogP contribution < -0.4 is 15.4 Å². The Bertz CT molecular complexity index is 1490. The number of rotatable bonds is 7. The third kappa shape index (κ3) is 5.90. The molecular weight excluding hydrogens is 537 g/mol. The van der Waals surface area contributed by atoms with Crippen molar-refractivity contribution in [3.63, 3.8) is 0 Å². The van der Waals surface area contributed by atoms with Crippen molar-refractivity contribution in [1.29, 1.82) is 5.41 Å². The van der Waals surface area contributed by atoms with E-state index >= 15 is 0 Å². The maximum absolute atomic E-state index is 13.7. The molecule has 2 aromatic heterocycles. The Balaban J connectivity index is 1.46. The summed E-state index contributed by atoms with van der Waals surface area (Å²) in [7, 11) is 1.66. The lowest BCUT2D eigenvalue weighted by Gasteiger charge is -2.27. The molecule has 3 aromatic rings. The fraction of sp³-hybridized carbons (Fsp3) is 0.280. The number of allylic oxidation sites excluding steroid dienone is 2. The molecule has 0 amide bonds. The number of pyridine rings is 1. The summed E-state index contributed by atoms with van der Waals surface area (Å²) in [5.41, 5.74) is 1.10. The summed E-state index contributed by atoms with van der Waals surface area (Å²) in [6.45, 7) is 2.74. The van der Waals surface area contributed by atoms with Crippen LogP contribution in [0.5, 0.6) is 5.75 Å². The Hall–Kier alpha value is -3.94. The second-order valence-electron chi connectivity index (χ2n) is 8.80. The lowest BCUT2D eigenvalue weighted by Crippen LogP contribution is -2.35. The van der Waals surface area contributed by atoms with Crippen LogP contribution in [-0.2, 0) is 24.5 Å². The first kappa shape index (κ1) is 26.7. The summed E-state index contributed by atoms with van der Waals surface area (Å²) < 4.78 is 53.9. The molecule has 0 aliphatic carbocycles. The number of nitrogens with zero attached hydrogens (tertiary/aromatic N) is 5. The fourth-order valence-corrected chi connectivity index (χ4v) is 4.50. The van der Waals surface area contributed by atoms with E-state index in [1.54, 1.807) is 30.1 Å². The highest BCUT2D eigenvalue weighted by Crippen LogP contribution is 2.36. The van der Waals surface area contributed by atoms with Gasteiger partial charge in [0.1, 0.15) is 16.2 Å². The van der Waals surface area contributed by atoms with Gasteiger partial charge in [0, 0.05) is 44.8 Å². The Morgan fingerprint density at radius 1 is 1.28 bits per heavy atom. The highest BCUT2D eigenvalue weighted by molar-refractivity contribution is 6.36. The van der Waals surface area contributed by atoms with Crippen LogP contribution in [0.2, 0.25) is 5.02 Å². The van der Waals surface area contributed by atoms with Gasteiger partial charge in [0.25, 0.3) is 0 Å². The number of anilines is 2. The molecule has 0 saturated carbocycles. The molecule has 0 radical (unpaired) electrons. The zero-order chi connectivity index (χ0) is 27.6. The van der Waals surface area contributed by atoms with Crippen LogP contribution in [-0.4, -0.2) is 58.2 Å². The molecule has 1 saturated heterocycles. The van der Waals surface area contributed by atoms with Gasteiger partial charge in [-0.3, -0.25) is 9.89 Å². The first-order chi connectivity index (χ1) is 18.7. The van der Waals surface area contributed by atoms with Crippen molar-refractivity contribution in [2.45, 2.75) is 12.7 Å². The smallest absolute Gasteiger partial charge is 0.416 e. The predicted octanol–water partition coefficient (Wildman–Crippen LogP) is 4.60. The van der Waals surface area contributed by atoms with Crippen molar-refractivity contribution < 1.29 is 22.6 Å². The number of aromatic nitrogens is 3. The minimum absolute atomic E-state index is 0.156. The number of aliphatic imine (C=N–C) groups is 1. The average Bonchev–Trinajstić information content (AvgIpc) is 3.24. The first-order valence-corrected chi connectivity index (χ1v) is 12.3. The molecule has 0 spiro atoms. The van der Waals surface area contributed by atoms with Crippen molar-refractivity contribution in [2.24, 2.45) is 12.0 Å². The first-order valence-electron chi connectivity index (χ1n) is 11.9. The SMILES string of the molecule is Cn1c(Nc2cc(CN3CCOCC3)cc(C(F)(F)F)c2)nc2ncc(O/C(C=N)=C3\C=NC=CN3)c(Cl)c21. The number of hydrogen-bond acceptors (Lipinski definition) is 9. The largest absolute Gasteiger partial charge is 0.450 e. The van der Waals surface area contributed by atoms with Gasteiger partial charge >= 0.3 is 6.18 Å². The number of imidazole rings is 1. The lowest BCUT2D eigenvalue weighted by atomic mass is 10.1. The number of benzene rings is 1. The van der Waals surface area contributed by atoms with E-state index < -0.39 is 11.7 Å². The van der Waals surface area contributed by atoms with E-state index in [1.165, 1.54) is 12.4 Å². The minimum Gasteiger partial charge on any atom is -0.450 e. The number of aryl methyl sites for hydroxylation is 1. The van der Waals surface area contributed by atoms with Crippen LogP contribution in [0.1, 0.15) is 11.1 Å². The number of fused-ring (bicyclic) bond motifs is 1. The summed E-state index contributed by atoms with van der Waals surface area (Å²) in [5.74, 6) is 0.565. The molecule has 2 aliphatic rings. The third-order valence-corrected chi connectivity index (χ3v) is 6.48. The third-order valence-electron chi connectivity index (χ3n) is 6.11. The van der Waals surface area contributed by atoms with Gasteiger partial charge in [0.05, 0.1) is 37.4 Å². The molecule has 0 bridgehead atoms. The Morgan fingerprint density at radius 3 is 2.77 bits per heavy atom. The van der Waals surface area contributed by atoms with E-state index in [0.29, 0.717) is 49.6 Å². The van der Waals surface area contributed by atoms with Crippen molar-refractivity contribution in [3.8, 4) is 5.75 Å². The van der Waals surface area contributed by atoms with Crippen molar-refractivity contribution in [3.05, 3.63) is 64.4 Å². The molecule has 1 aromatic carbocycles. The molecular formula is C25H24ClF3N8O2. The lowest BCUT2D eigenvalue weighted by molar-refractivity contribution is -0.137. The van der Waals surface area contributed by atoms with Gasteiger partial charge < -0.3 is 30.1 Å². The van der Waals surface area contributed by atoms with E-state index in [1.807, 2.05) is 4.90 Å². The monoisotopic (exact) mass is 560 g/mol. The average molecular weight is 561 g/mol. The molecule has 4 heterocycles. The van der Waals surface area contributed by atoms with Crippen LogP contribution in [0, 0.1) is 5.41 Å². The van der Waals surface area contributed by atoms with E-state index in [-0.39, 0.29) is 33.8 Å². The van der Waals surface area contributed by atoms with Gasteiger partial charge in [-0.2, -0.15) is 18.2 Å².